The summed E-state index contributed by atoms with van der Waals surface area (Å²) in [7, 11) is 0. The molecule has 2 atom stereocenters. The molecule has 1 aromatic carbocycles. The van der Waals surface area contributed by atoms with E-state index >= 15 is 0 Å². The number of fused-ring (bicyclic) bond motifs is 4. The van der Waals surface area contributed by atoms with Crippen LogP contribution in [0.2, 0.25) is 0 Å². The lowest BCUT2D eigenvalue weighted by Gasteiger charge is -2.36. The van der Waals surface area contributed by atoms with E-state index in [4.69, 9.17) is 0 Å². The van der Waals surface area contributed by atoms with Crippen molar-refractivity contribution in [2.45, 2.75) is 32.7 Å². The summed E-state index contributed by atoms with van der Waals surface area (Å²) in [6.07, 6.45) is 2.12. The predicted octanol–water partition coefficient (Wildman–Crippen LogP) is 2.08. The quantitative estimate of drug-likeness (QED) is 0.793. The maximum atomic E-state index is 12.8. The summed E-state index contributed by atoms with van der Waals surface area (Å²) in [4.78, 5) is 28.3. The average molecular weight is 286 g/mol. The van der Waals surface area contributed by atoms with E-state index in [1.165, 1.54) is 0 Å². The van der Waals surface area contributed by atoms with Crippen molar-refractivity contribution in [2.24, 2.45) is 5.92 Å². The van der Waals surface area contributed by atoms with Crippen LogP contribution in [0, 0.1) is 12.8 Å². The molecule has 2 amide bonds. The van der Waals surface area contributed by atoms with Crippen LogP contribution in [0.4, 0.5) is 0 Å². The van der Waals surface area contributed by atoms with Crippen LogP contribution in [0.1, 0.15) is 35.7 Å². The molecule has 3 aliphatic heterocycles. The standard InChI is InChI=1S/C17H22N2O2/c1-12-3-6-15(7-4-12)17(21)19-10-14-5-8-16(19)11-18(9-14)13(2)20/h3-4,6-7,14,16H,5,8-11H2,1-2H3/t14-,16+/m1/s1. The van der Waals surface area contributed by atoms with Crippen molar-refractivity contribution in [1.29, 1.82) is 0 Å². The van der Waals surface area contributed by atoms with E-state index in [2.05, 4.69) is 0 Å². The molecule has 0 N–H and O–H groups in total. The van der Waals surface area contributed by atoms with E-state index in [1.807, 2.05) is 41.0 Å². The van der Waals surface area contributed by atoms with Gasteiger partial charge in [0, 0.05) is 38.2 Å². The maximum Gasteiger partial charge on any atom is 0.254 e. The third-order valence-electron chi connectivity index (χ3n) is 4.72. The highest BCUT2D eigenvalue weighted by Gasteiger charge is 2.38. The van der Waals surface area contributed by atoms with Crippen LogP contribution in [-0.2, 0) is 4.79 Å². The van der Waals surface area contributed by atoms with Crippen molar-refractivity contribution in [3.05, 3.63) is 35.4 Å². The number of carbonyl (C=O) groups excluding carboxylic acids is 2. The van der Waals surface area contributed by atoms with Crippen LogP contribution in [-0.4, -0.2) is 47.3 Å². The number of benzene rings is 1. The van der Waals surface area contributed by atoms with Crippen LogP contribution < -0.4 is 0 Å². The molecule has 3 saturated heterocycles. The van der Waals surface area contributed by atoms with Crippen molar-refractivity contribution in [2.75, 3.05) is 19.6 Å². The second-order valence-electron chi connectivity index (χ2n) is 6.34. The Morgan fingerprint density at radius 2 is 1.76 bits per heavy atom. The number of carbonyl (C=O) groups is 2. The Labute approximate surface area is 125 Å². The molecule has 4 nitrogen and oxygen atoms in total. The van der Waals surface area contributed by atoms with Crippen molar-refractivity contribution in [3.63, 3.8) is 0 Å². The summed E-state index contributed by atoms with van der Waals surface area (Å²) >= 11 is 0. The van der Waals surface area contributed by atoms with Gasteiger partial charge in [0.05, 0.1) is 0 Å². The Morgan fingerprint density at radius 1 is 1.05 bits per heavy atom. The van der Waals surface area contributed by atoms with Gasteiger partial charge in [0.1, 0.15) is 0 Å². The molecular formula is C17H22N2O2. The number of hydrogen-bond acceptors (Lipinski definition) is 2. The van der Waals surface area contributed by atoms with Gasteiger partial charge in [-0.3, -0.25) is 9.59 Å². The van der Waals surface area contributed by atoms with Gasteiger partial charge in [0.15, 0.2) is 0 Å². The van der Waals surface area contributed by atoms with Gasteiger partial charge in [0.25, 0.3) is 5.91 Å². The molecule has 1 aromatic rings. The zero-order valence-electron chi connectivity index (χ0n) is 12.7. The topological polar surface area (TPSA) is 40.6 Å². The van der Waals surface area contributed by atoms with Gasteiger partial charge in [0.2, 0.25) is 5.91 Å². The number of amides is 2. The van der Waals surface area contributed by atoms with Crippen molar-refractivity contribution in [1.82, 2.24) is 9.80 Å². The first-order chi connectivity index (χ1) is 10.0. The summed E-state index contributed by atoms with van der Waals surface area (Å²) < 4.78 is 0. The smallest absolute Gasteiger partial charge is 0.254 e. The minimum Gasteiger partial charge on any atom is -0.341 e. The van der Waals surface area contributed by atoms with Crippen LogP contribution in [0.15, 0.2) is 24.3 Å². The highest BCUT2D eigenvalue weighted by molar-refractivity contribution is 5.94. The fourth-order valence-electron chi connectivity index (χ4n) is 3.45. The molecular weight excluding hydrogens is 264 g/mol. The summed E-state index contributed by atoms with van der Waals surface area (Å²) in [5.41, 5.74) is 1.91. The SMILES string of the molecule is CC(=O)N1C[C@H]2CC[C@@H](C1)N(C(=O)c1ccc(C)cc1)C2. The van der Waals surface area contributed by atoms with Crippen LogP contribution in [0.3, 0.4) is 0 Å². The Bertz CT molecular complexity index is 552. The first kappa shape index (κ1) is 14.1. The highest BCUT2D eigenvalue weighted by Crippen LogP contribution is 2.29. The molecule has 2 bridgehead atoms. The third-order valence-corrected chi connectivity index (χ3v) is 4.72. The van der Waals surface area contributed by atoms with Gasteiger partial charge in [-0.05, 0) is 37.8 Å². The summed E-state index contributed by atoms with van der Waals surface area (Å²) in [5, 5.41) is 0. The summed E-state index contributed by atoms with van der Waals surface area (Å²) in [6, 6.07) is 7.93. The van der Waals surface area contributed by atoms with Gasteiger partial charge >= 0.3 is 0 Å². The number of nitrogens with zero attached hydrogens (tertiary/aromatic N) is 2. The molecule has 4 heteroatoms. The summed E-state index contributed by atoms with van der Waals surface area (Å²) in [6.45, 7) is 5.90. The number of rotatable bonds is 1. The van der Waals surface area contributed by atoms with Gasteiger partial charge in [-0.15, -0.1) is 0 Å². The van der Waals surface area contributed by atoms with Crippen LogP contribution >= 0.6 is 0 Å². The van der Waals surface area contributed by atoms with Crippen molar-refractivity contribution >= 4 is 11.8 Å². The molecule has 3 fully saturated rings. The molecule has 0 aromatic heterocycles. The number of aryl methyl sites for hydroxylation is 1. The molecule has 0 radical (unpaired) electrons. The van der Waals surface area contributed by atoms with Crippen molar-refractivity contribution < 1.29 is 9.59 Å². The Balaban J connectivity index is 1.81. The number of piperidine rings is 1. The molecule has 3 heterocycles. The molecule has 0 unspecified atom stereocenters. The Kier molecular flexibility index (Phi) is 3.70. The van der Waals surface area contributed by atoms with Crippen molar-refractivity contribution in [3.8, 4) is 0 Å². The largest absolute Gasteiger partial charge is 0.341 e. The predicted molar refractivity (Wildman–Crippen MR) is 81.0 cm³/mol. The summed E-state index contributed by atoms with van der Waals surface area (Å²) in [5.74, 6) is 0.647. The zero-order chi connectivity index (χ0) is 15.0. The zero-order valence-corrected chi connectivity index (χ0v) is 12.7. The molecule has 112 valence electrons. The minimum atomic E-state index is 0.107. The first-order valence-corrected chi connectivity index (χ1v) is 7.67. The van der Waals surface area contributed by atoms with Gasteiger partial charge in [-0.25, -0.2) is 0 Å². The molecule has 0 saturated carbocycles. The average Bonchev–Trinajstić information content (AvgIpc) is 2.79. The van der Waals surface area contributed by atoms with E-state index in [-0.39, 0.29) is 17.9 Å². The fraction of sp³-hybridized carbons (Fsp3) is 0.529. The molecule has 0 spiro atoms. The van der Waals surface area contributed by atoms with Crippen LogP contribution in [0.25, 0.3) is 0 Å². The lowest BCUT2D eigenvalue weighted by atomic mass is 9.94. The highest BCUT2D eigenvalue weighted by atomic mass is 16.2. The van der Waals surface area contributed by atoms with Gasteiger partial charge < -0.3 is 9.80 Å². The third kappa shape index (κ3) is 2.80. The number of hydrogen-bond donors (Lipinski definition) is 0. The molecule has 21 heavy (non-hydrogen) atoms. The molecule has 4 rings (SSSR count). The normalized spacial score (nSPS) is 24.9. The lowest BCUT2D eigenvalue weighted by Crippen LogP contribution is -2.47. The first-order valence-electron chi connectivity index (χ1n) is 7.67. The second-order valence-corrected chi connectivity index (χ2v) is 6.34. The van der Waals surface area contributed by atoms with Gasteiger partial charge in [-0.1, -0.05) is 17.7 Å². The Morgan fingerprint density at radius 3 is 2.43 bits per heavy atom. The van der Waals surface area contributed by atoms with Gasteiger partial charge in [-0.2, -0.15) is 0 Å². The van der Waals surface area contributed by atoms with E-state index in [0.717, 1.165) is 37.1 Å². The maximum absolute atomic E-state index is 12.8. The Hall–Kier alpha value is -1.84. The van der Waals surface area contributed by atoms with E-state index in [9.17, 15) is 9.59 Å². The lowest BCUT2D eigenvalue weighted by molar-refractivity contribution is -0.129. The molecule has 3 aliphatic rings. The monoisotopic (exact) mass is 286 g/mol. The fourth-order valence-corrected chi connectivity index (χ4v) is 3.45. The second kappa shape index (κ2) is 5.51. The van der Waals surface area contributed by atoms with Crippen LogP contribution in [0.5, 0.6) is 0 Å². The van der Waals surface area contributed by atoms with E-state index in [0.29, 0.717) is 12.5 Å². The minimum absolute atomic E-state index is 0.107. The van der Waals surface area contributed by atoms with E-state index in [1.54, 1.807) is 6.92 Å². The molecule has 0 aliphatic carbocycles. The van der Waals surface area contributed by atoms with E-state index < -0.39 is 0 Å².